The van der Waals surface area contributed by atoms with Gasteiger partial charge in [0.2, 0.25) is 0 Å². The Morgan fingerprint density at radius 3 is 2.81 bits per heavy atom. The lowest BCUT2D eigenvalue weighted by Crippen LogP contribution is -2.18. The monoisotopic (exact) mass is 348 g/mol. The first-order valence-electron chi connectivity index (χ1n) is 7.42. The molecule has 0 aliphatic heterocycles. The Kier molecular flexibility index (Phi) is 4.78. The molecule has 21 heavy (non-hydrogen) atoms. The van der Waals surface area contributed by atoms with Gasteiger partial charge in [-0.3, -0.25) is 4.90 Å². The number of nitrogens with one attached hydrogen (secondary N) is 1. The zero-order chi connectivity index (χ0) is 14.7. The first-order chi connectivity index (χ1) is 10.2. The van der Waals surface area contributed by atoms with Gasteiger partial charge in [0.1, 0.15) is 5.76 Å². The summed E-state index contributed by atoms with van der Waals surface area (Å²) in [7, 11) is 2.11. The van der Waals surface area contributed by atoms with Crippen LogP contribution in [0.5, 0.6) is 0 Å². The van der Waals surface area contributed by atoms with Crippen LogP contribution in [-0.2, 0) is 19.6 Å². The summed E-state index contributed by atoms with van der Waals surface area (Å²) < 4.78 is 6.57. The van der Waals surface area contributed by atoms with E-state index in [-0.39, 0.29) is 0 Å². The van der Waals surface area contributed by atoms with Crippen molar-refractivity contribution in [2.45, 2.75) is 38.5 Å². The Bertz CT molecular complexity index is 578. The number of hydrogen-bond acceptors (Lipinski definition) is 3. The van der Waals surface area contributed by atoms with Crippen LogP contribution in [0.2, 0.25) is 0 Å². The molecule has 1 aliphatic rings. The maximum atomic E-state index is 5.39. The van der Waals surface area contributed by atoms with E-state index in [1.807, 2.05) is 12.1 Å². The van der Waals surface area contributed by atoms with Gasteiger partial charge in [0.15, 0.2) is 0 Å². The molecule has 1 aliphatic carbocycles. The van der Waals surface area contributed by atoms with E-state index in [1.54, 1.807) is 6.26 Å². The van der Waals surface area contributed by atoms with Crippen molar-refractivity contribution in [3.8, 4) is 0 Å². The van der Waals surface area contributed by atoms with Crippen molar-refractivity contribution >= 4 is 15.9 Å². The Morgan fingerprint density at radius 2 is 2.14 bits per heavy atom. The van der Waals surface area contributed by atoms with Gasteiger partial charge in [0.05, 0.1) is 12.8 Å². The average Bonchev–Trinajstić information content (AvgIpc) is 3.16. The van der Waals surface area contributed by atoms with Crippen molar-refractivity contribution in [3.05, 3.63) is 58.0 Å². The minimum absolute atomic E-state index is 0.753. The summed E-state index contributed by atoms with van der Waals surface area (Å²) >= 11 is 3.70. The molecule has 1 saturated carbocycles. The molecule has 1 aromatic heterocycles. The second-order valence-electron chi connectivity index (χ2n) is 5.83. The molecule has 4 heteroatoms. The Balaban J connectivity index is 1.56. The van der Waals surface area contributed by atoms with Crippen molar-refractivity contribution in [2.24, 2.45) is 0 Å². The summed E-state index contributed by atoms with van der Waals surface area (Å²) in [5.74, 6) is 0.999. The summed E-state index contributed by atoms with van der Waals surface area (Å²) in [5.41, 5.74) is 2.64. The highest BCUT2D eigenvalue weighted by atomic mass is 79.9. The lowest BCUT2D eigenvalue weighted by molar-refractivity contribution is 0.287. The fourth-order valence-electron chi connectivity index (χ4n) is 2.39. The lowest BCUT2D eigenvalue weighted by atomic mass is 10.1. The average molecular weight is 349 g/mol. The molecular weight excluding hydrogens is 328 g/mol. The molecular formula is C17H21BrN2O. The molecule has 0 radical (unpaired) electrons. The summed E-state index contributed by atoms with van der Waals surface area (Å²) in [6.45, 7) is 2.69. The fraction of sp³-hybridized carbons (Fsp3) is 0.412. The molecule has 0 unspecified atom stereocenters. The third kappa shape index (κ3) is 4.43. The van der Waals surface area contributed by atoms with E-state index in [0.717, 1.165) is 31.4 Å². The van der Waals surface area contributed by atoms with Crippen molar-refractivity contribution in [1.29, 1.82) is 0 Å². The van der Waals surface area contributed by atoms with Crippen LogP contribution in [0.25, 0.3) is 0 Å². The van der Waals surface area contributed by atoms with E-state index in [4.69, 9.17) is 4.42 Å². The standard InChI is InChI=1S/C17H21BrN2O/c1-20(12-16-3-2-8-21-16)11-14-5-4-13(9-17(14)18)10-19-15-6-7-15/h2-5,8-9,15,19H,6-7,10-12H2,1H3. The summed E-state index contributed by atoms with van der Waals surface area (Å²) in [6.07, 6.45) is 4.38. The zero-order valence-corrected chi connectivity index (χ0v) is 13.9. The van der Waals surface area contributed by atoms with Crippen molar-refractivity contribution in [3.63, 3.8) is 0 Å². The number of rotatable bonds is 7. The van der Waals surface area contributed by atoms with Crippen molar-refractivity contribution < 1.29 is 4.42 Å². The van der Waals surface area contributed by atoms with Crippen LogP contribution in [-0.4, -0.2) is 18.0 Å². The van der Waals surface area contributed by atoms with Gasteiger partial charge >= 0.3 is 0 Å². The zero-order valence-electron chi connectivity index (χ0n) is 12.3. The van der Waals surface area contributed by atoms with E-state index in [0.29, 0.717) is 0 Å². The van der Waals surface area contributed by atoms with Gasteiger partial charge in [-0.05, 0) is 49.2 Å². The second kappa shape index (κ2) is 6.77. The second-order valence-corrected chi connectivity index (χ2v) is 6.69. The number of hydrogen-bond donors (Lipinski definition) is 1. The Hall–Kier alpha value is -1.10. The minimum atomic E-state index is 0.753. The van der Waals surface area contributed by atoms with Gasteiger partial charge in [-0.2, -0.15) is 0 Å². The molecule has 3 nitrogen and oxygen atoms in total. The number of nitrogens with zero attached hydrogens (tertiary/aromatic N) is 1. The Morgan fingerprint density at radius 1 is 1.29 bits per heavy atom. The SMILES string of the molecule is CN(Cc1ccco1)Cc1ccc(CNC2CC2)cc1Br. The fourth-order valence-corrected chi connectivity index (χ4v) is 2.95. The van der Waals surface area contributed by atoms with Gasteiger partial charge in [0, 0.05) is 23.6 Å². The molecule has 112 valence electrons. The molecule has 1 N–H and O–H groups in total. The first kappa shape index (κ1) is 14.8. The molecule has 1 fully saturated rings. The largest absolute Gasteiger partial charge is 0.468 e. The smallest absolute Gasteiger partial charge is 0.117 e. The predicted molar refractivity (Wildman–Crippen MR) is 87.9 cm³/mol. The van der Waals surface area contributed by atoms with Gasteiger partial charge in [0.25, 0.3) is 0 Å². The lowest BCUT2D eigenvalue weighted by Gasteiger charge is -2.17. The third-order valence-electron chi connectivity index (χ3n) is 3.74. The van der Waals surface area contributed by atoms with Crippen LogP contribution in [0.15, 0.2) is 45.5 Å². The van der Waals surface area contributed by atoms with E-state index in [9.17, 15) is 0 Å². The van der Waals surface area contributed by atoms with Crippen LogP contribution >= 0.6 is 15.9 Å². The molecule has 1 heterocycles. The van der Waals surface area contributed by atoms with Crippen molar-refractivity contribution in [2.75, 3.05) is 7.05 Å². The van der Waals surface area contributed by atoms with Gasteiger partial charge in [-0.1, -0.05) is 28.1 Å². The van der Waals surface area contributed by atoms with E-state index >= 15 is 0 Å². The van der Waals surface area contributed by atoms with Crippen LogP contribution in [0.3, 0.4) is 0 Å². The molecule has 0 bridgehead atoms. The molecule has 0 saturated heterocycles. The van der Waals surface area contributed by atoms with E-state index in [2.05, 4.69) is 51.4 Å². The summed E-state index contributed by atoms with van der Waals surface area (Å²) in [5, 5.41) is 3.55. The molecule has 1 aromatic carbocycles. The number of furan rings is 1. The van der Waals surface area contributed by atoms with Crippen molar-refractivity contribution in [1.82, 2.24) is 10.2 Å². The highest BCUT2D eigenvalue weighted by molar-refractivity contribution is 9.10. The Labute approximate surface area is 134 Å². The number of halogens is 1. The van der Waals surface area contributed by atoms with Crippen LogP contribution in [0, 0.1) is 0 Å². The highest BCUT2D eigenvalue weighted by Gasteiger charge is 2.20. The highest BCUT2D eigenvalue weighted by Crippen LogP contribution is 2.23. The molecule has 0 atom stereocenters. The van der Waals surface area contributed by atoms with E-state index in [1.165, 1.54) is 28.4 Å². The van der Waals surface area contributed by atoms with Gasteiger partial charge < -0.3 is 9.73 Å². The normalized spacial score (nSPS) is 14.8. The van der Waals surface area contributed by atoms with Crippen LogP contribution in [0.4, 0.5) is 0 Å². The molecule has 2 aromatic rings. The number of benzene rings is 1. The van der Waals surface area contributed by atoms with Crippen LogP contribution < -0.4 is 5.32 Å². The van der Waals surface area contributed by atoms with E-state index < -0.39 is 0 Å². The third-order valence-corrected chi connectivity index (χ3v) is 4.47. The summed E-state index contributed by atoms with van der Waals surface area (Å²) in [6, 6.07) is 11.4. The quantitative estimate of drug-likeness (QED) is 0.821. The summed E-state index contributed by atoms with van der Waals surface area (Å²) in [4.78, 5) is 2.25. The molecule has 3 rings (SSSR count). The maximum Gasteiger partial charge on any atom is 0.117 e. The predicted octanol–water partition coefficient (Wildman–Crippen LogP) is 3.93. The molecule has 0 spiro atoms. The van der Waals surface area contributed by atoms with Gasteiger partial charge in [-0.25, -0.2) is 0 Å². The molecule has 0 amide bonds. The topological polar surface area (TPSA) is 28.4 Å². The minimum Gasteiger partial charge on any atom is -0.468 e. The first-order valence-corrected chi connectivity index (χ1v) is 8.21. The maximum absolute atomic E-state index is 5.39. The van der Waals surface area contributed by atoms with Gasteiger partial charge in [-0.15, -0.1) is 0 Å². The van der Waals surface area contributed by atoms with Crippen LogP contribution in [0.1, 0.15) is 29.7 Å².